The van der Waals surface area contributed by atoms with Gasteiger partial charge in [0.05, 0.1) is 7.11 Å². The van der Waals surface area contributed by atoms with Gasteiger partial charge in [0.25, 0.3) is 0 Å². The molecule has 2 unspecified atom stereocenters. The van der Waals surface area contributed by atoms with Crippen molar-refractivity contribution in [3.05, 3.63) is 90.0 Å². The van der Waals surface area contributed by atoms with Crippen molar-refractivity contribution >= 4 is 0 Å². The summed E-state index contributed by atoms with van der Waals surface area (Å²) < 4.78 is 102. The molecule has 3 aromatic rings. The molecule has 0 amide bonds. The van der Waals surface area contributed by atoms with Gasteiger partial charge in [-0.25, -0.2) is 0 Å². The summed E-state index contributed by atoms with van der Waals surface area (Å²) in [7, 11) is 1.32. The molecule has 0 aliphatic heterocycles. The van der Waals surface area contributed by atoms with E-state index in [1.165, 1.54) is 31.4 Å². The molecule has 1 saturated carbocycles. The lowest BCUT2D eigenvalue weighted by atomic mass is 9.76. The van der Waals surface area contributed by atoms with Crippen LogP contribution in [0.15, 0.2) is 78.9 Å². The van der Waals surface area contributed by atoms with Gasteiger partial charge in [0.2, 0.25) is 0 Å². The number of ether oxygens (including phenoxy) is 3. The summed E-state index contributed by atoms with van der Waals surface area (Å²) in [5.41, 5.74) is 1.12. The predicted molar refractivity (Wildman–Crippen MR) is 117 cm³/mol. The second-order valence-corrected chi connectivity index (χ2v) is 8.73. The smallest absolute Gasteiger partial charge is 0.395 e. The fourth-order valence-electron chi connectivity index (χ4n) is 3.93. The van der Waals surface area contributed by atoms with E-state index in [2.05, 4.69) is 9.47 Å². The Morgan fingerprint density at radius 2 is 0.914 bits per heavy atom. The van der Waals surface area contributed by atoms with Crippen LogP contribution >= 0.6 is 0 Å². The monoisotopic (exact) mass is 496 g/mol. The van der Waals surface area contributed by atoms with Gasteiger partial charge in [-0.05, 0) is 47.5 Å². The van der Waals surface area contributed by atoms with Crippen molar-refractivity contribution in [2.45, 2.75) is 42.8 Å². The molecule has 3 aromatic carbocycles. The van der Waals surface area contributed by atoms with E-state index < -0.39 is 40.5 Å². The Balaban J connectivity index is 1.63. The van der Waals surface area contributed by atoms with Crippen molar-refractivity contribution in [2.75, 3.05) is 7.11 Å². The van der Waals surface area contributed by atoms with Crippen molar-refractivity contribution < 1.29 is 40.6 Å². The number of hydrogen-bond donors (Lipinski definition) is 0. The second-order valence-electron chi connectivity index (χ2n) is 8.73. The zero-order valence-electron chi connectivity index (χ0n) is 19.0. The molecule has 0 spiro atoms. The number of methoxy groups -OCH3 is 1. The molecule has 0 radical (unpaired) electrons. The highest BCUT2D eigenvalue weighted by Gasteiger charge is 3.03. The van der Waals surface area contributed by atoms with Crippen LogP contribution in [-0.4, -0.2) is 30.7 Å². The lowest BCUT2D eigenvalue weighted by Crippen LogP contribution is -2.89. The average molecular weight is 496 g/mol. The fraction of sp³-hybridized carbons (Fsp3) is 0.308. The Morgan fingerprint density at radius 1 is 0.543 bits per heavy atom. The summed E-state index contributed by atoms with van der Waals surface area (Å²) in [6.07, 6.45) is 0. The minimum Gasteiger partial charge on any atom is -0.497 e. The highest BCUT2D eigenvalue weighted by atomic mass is 19.3. The van der Waals surface area contributed by atoms with Crippen LogP contribution < -0.4 is 14.2 Å². The Bertz CT molecular complexity index is 1180. The van der Waals surface area contributed by atoms with Gasteiger partial charge in [0.1, 0.15) is 17.2 Å². The van der Waals surface area contributed by atoms with Gasteiger partial charge < -0.3 is 14.2 Å². The highest BCUT2D eigenvalue weighted by molar-refractivity contribution is 5.41. The van der Waals surface area contributed by atoms with E-state index in [0.29, 0.717) is 5.56 Å². The van der Waals surface area contributed by atoms with Gasteiger partial charge in [-0.15, -0.1) is 0 Å². The Morgan fingerprint density at radius 3 is 1.34 bits per heavy atom. The van der Waals surface area contributed by atoms with E-state index in [-0.39, 0.29) is 5.75 Å². The fourth-order valence-corrected chi connectivity index (χ4v) is 3.93. The molecule has 0 saturated heterocycles. The van der Waals surface area contributed by atoms with E-state index >= 15 is 8.78 Å². The number of hydrogen-bond acceptors (Lipinski definition) is 3. The maximum absolute atomic E-state index is 15.4. The van der Waals surface area contributed by atoms with Gasteiger partial charge in [-0.2, -0.15) is 26.3 Å². The summed E-state index contributed by atoms with van der Waals surface area (Å²) in [5, 5.41) is 0. The van der Waals surface area contributed by atoms with Crippen molar-refractivity contribution in [3.8, 4) is 17.2 Å². The predicted octanol–water partition coefficient (Wildman–Crippen LogP) is 7.09. The molecule has 1 aliphatic rings. The molecule has 3 nitrogen and oxygen atoms in total. The van der Waals surface area contributed by atoms with Crippen LogP contribution in [0.1, 0.15) is 25.0 Å². The van der Waals surface area contributed by atoms with Crippen LogP contribution in [0.4, 0.5) is 26.3 Å². The molecule has 1 aliphatic carbocycles. The molecule has 0 N–H and O–H groups in total. The Hall–Kier alpha value is -3.36. The highest BCUT2D eigenvalue weighted by Crippen LogP contribution is 2.68. The maximum atomic E-state index is 15.4. The molecule has 0 bridgehead atoms. The van der Waals surface area contributed by atoms with Crippen LogP contribution in [0.25, 0.3) is 0 Å². The Labute approximate surface area is 198 Å². The quantitative estimate of drug-likeness (QED) is 0.327. The van der Waals surface area contributed by atoms with Crippen LogP contribution in [0, 0.1) is 0 Å². The molecule has 0 heterocycles. The standard InChI is InChI=1S/C26H22F6O3/c1-22(2,17-7-5-4-6-8-17)18-9-11-20(12-10-18)34-25(31)23(27,28)24(29,30)26(25,32)35-21-15-13-19(33-3)14-16-21/h4-16H,1-3H3. The lowest BCUT2D eigenvalue weighted by molar-refractivity contribution is -0.527. The third-order valence-electron chi connectivity index (χ3n) is 6.26. The van der Waals surface area contributed by atoms with Crippen LogP contribution in [0.5, 0.6) is 17.2 Å². The molecule has 186 valence electrons. The van der Waals surface area contributed by atoms with Gasteiger partial charge >= 0.3 is 23.6 Å². The molecule has 9 heteroatoms. The first-order valence-corrected chi connectivity index (χ1v) is 10.6. The second kappa shape index (κ2) is 8.10. The Kier molecular flexibility index (Phi) is 5.73. The van der Waals surface area contributed by atoms with Gasteiger partial charge in [0, 0.05) is 5.41 Å². The van der Waals surface area contributed by atoms with E-state index in [0.717, 1.165) is 29.8 Å². The number of alkyl halides is 6. The minimum atomic E-state index is -5.51. The molecule has 2 atom stereocenters. The first-order valence-electron chi connectivity index (χ1n) is 10.6. The topological polar surface area (TPSA) is 27.7 Å². The third kappa shape index (κ3) is 3.51. The summed E-state index contributed by atoms with van der Waals surface area (Å²) in [5.74, 6) is -21.6. The molecular weight excluding hydrogens is 474 g/mol. The molecular formula is C26H22F6O3. The number of rotatable bonds is 7. The molecule has 35 heavy (non-hydrogen) atoms. The zero-order valence-corrected chi connectivity index (χ0v) is 19.0. The summed E-state index contributed by atoms with van der Waals surface area (Å²) in [6, 6.07) is 18.9. The minimum absolute atomic E-state index is 0.261. The molecule has 1 fully saturated rings. The van der Waals surface area contributed by atoms with E-state index in [1.807, 2.05) is 44.2 Å². The summed E-state index contributed by atoms with van der Waals surface area (Å²) in [4.78, 5) is 0. The van der Waals surface area contributed by atoms with Gasteiger partial charge in [-0.1, -0.05) is 56.3 Å². The zero-order chi connectivity index (χ0) is 25.7. The molecule has 4 rings (SSSR count). The maximum Gasteiger partial charge on any atom is 0.395 e. The number of halogens is 6. The van der Waals surface area contributed by atoms with Crippen molar-refractivity contribution in [3.63, 3.8) is 0 Å². The van der Waals surface area contributed by atoms with E-state index in [9.17, 15) is 17.6 Å². The van der Waals surface area contributed by atoms with E-state index in [4.69, 9.17) is 4.74 Å². The molecule has 0 aromatic heterocycles. The van der Waals surface area contributed by atoms with Crippen LogP contribution in [0.3, 0.4) is 0 Å². The van der Waals surface area contributed by atoms with Crippen LogP contribution in [0.2, 0.25) is 0 Å². The van der Waals surface area contributed by atoms with Crippen LogP contribution in [-0.2, 0) is 5.41 Å². The summed E-state index contributed by atoms with van der Waals surface area (Å²) >= 11 is 0. The summed E-state index contributed by atoms with van der Waals surface area (Å²) in [6.45, 7) is 3.81. The normalized spacial score (nSPS) is 24.8. The SMILES string of the molecule is COc1ccc(OC2(F)C(F)(F)C(F)(F)C2(F)Oc2ccc(C(C)(C)c3ccccc3)cc2)cc1. The van der Waals surface area contributed by atoms with Gasteiger partial charge in [-0.3, -0.25) is 0 Å². The average Bonchev–Trinajstić information content (AvgIpc) is 2.84. The first kappa shape index (κ1) is 24.8. The van der Waals surface area contributed by atoms with Crippen molar-refractivity contribution in [2.24, 2.45) is 0 Å². The largest absolute Gasteiger partial charge is 0.497 e. The van der Waals surface area contributed by atoms with Gasteiger partial charge in [0.15, 0.2) is 0 Å². The lowest BCUT2D eigenvalue weighted by Gasteiger charge is -2.55. The number of benzene rings is 3. The van der Waals surface area contributed by atoms with E-state index in [1.54, 1.807) is 0 Å². The van der Waals surface area contributed by atoms with Crippen molar-refractivity contribution in [1.29, 1.82) is 0 Å². The third-order valence-corrected chi connectivity index (χ3v) is 6.26. The van der Waals surface area contributed by atoms with Crippen molar-refractivity contribution in [1.82, 2.24) is 0 Å². The first-order chi connectivity index (χ1) is 16.3.